The number of aliphatic hydroxyl groups excluding tert-OH is 2. The van der Waals surface area contributed by atoms with Gasteiger partial charge in [0.05, 0.1) is 13.5 Å². The fourth-order valence-electron chi connectivity index (χ4n) is 0.306. The Hall–Kier alpha value is 0.460. The van der Waals surface area contributed by atoms with Crippen molar-refractivity contribution in [2.45, 2.75) is 0 Å². The van der Waals surface area contributed by atoms with Crippen LogP contribution in [-0.2, 0) is 0 Å². The van der Waals surface area contributed by atoms with E-state index in [1.807, 2.05) is 0 Å². The van der Waals surface area contributed by atoms with Crippen molar-refractivity contribution < 1.29 is 10.2 Å². The second-order valence-electron chi connectivity index (χ2n) is 1.37. The van der Waals surface area contributed by atoms with Gasteiger partial charge in [0, 0.05) is 12.4 Å². The minimum Gasteiger partial charge on any atom is -0.381 e. The number of alkyl halides is 1. The first-order chi connectivity index (χ1) is 3.85. The summed E-state index contributed by atoms with van der Waals surface area (Å²) in [7, 11) is 0. The zero-order chi connectivity index (χ0) is 6.41. The zero-order valence-electron chi connectivity index (χ0n) is 4.96. The average molecular weight is 176 g/mol. The Morgan fingerprint density at radius 1 is 1.22 bits per heavy atom. The topological polar surface area (TPSA) is 43.7 Å². The Kier molecular flexibility index (Phi) is 11.4. The van der Waals surface area contributed by atoms with Crippen molar-refractivity contribution in [2.24, 2.45) is 0 Å². The highest BCUT2D eigenvalue weighted by molar-refractivity contribution is 6.18. The van der Waals surface area contributed by atoms with E-state index < -0.39 is 0 Å². The van der Waals surface area contributed by atoms with Gasteiger partial charge >= 0.3 is 0 Å². The molecule has 0 saturated carbocycles. The molecule has 9 heavy (non-hydrogen) atoms. The molecule has 0 atom stereocenters. The molecule has 0 bridgehead atoms. The van der Waals surface area contributed by atoms with Crippen molar-refractivity contribution in [3.8, 4) is 0 Å². The summed E-state index contributed by atoms with van der Waals surface area (Å²) in [5.41, 5.74) is 0. The molecule has 0 heterocycles. The molecule has 0 aliphatic heterocycles. The fourth-order valence-corrected chi connectivity index (χ4v) is 0.545. The quantitative estimate of drug-likeness (QED) is 0.462. The van der Waals surface area contributed by atoms with Crippen molar-refractivity contribution in [1.82, 2.24) is 4.90 Å². The summed E-state index contributed by atoms with van der Waals surface area (Å²) in [4.78, 5) is 1.41. The van der Waals surface area contributed by atoms with E-state index in [1.165, 1.54) is 4.90 Å². The highest BCUT2D eigenvalue weighted by Crippen LogP contribution is 1.83. The van der Waals surface area contributed by atoms with E-state index in [-0.39, 0.29) is 25.9 Å². The van der Waals surface area contributed by atoms with Crippen molar-refractivity contribution in [1.29, 1.82) is 0 Å². The zero-order valence-corrected chi connectivity index (χ0v) is 6.53. The van der Waals surface area contributed by atoms with E-state index in [4.69, 9.17) is 21.8 Å². The largest absolute Gasteiger partial charge is 0.381 e. The average Bonchev–Trinajstić information content (AvgIpc) is 1.83. The summed E-state index contributed by atoms with van der Waals surface area (Å²) < 4.78 is 0. The number of hydrogen-bond donors (Lipinski definition) is 2. The summed E-state index contributed by atoms with van der Waals surface area (Å²) in [6.07, 6.45) is 0. The van der Waals surface area contributed by atoms with E-state index >= 15 is 0 Å². The van der Waals surface area contributed by atoms with E-state index in [0.29, 0.717) is 12.4 Å². The van der Waals surface area contributed by atoms with Gasteiger partial charge in [0.15, 0.2) is 0 Å². The van der Waals surface area contributed by atoms with E-state index in [1.54, 1.807) is 0 Å². The second kappa shape index (κ2) is 8.46. The van der Waals surface area contributed by atoms with Gasteiger partial charge in [-0.1, -0.05) is 0 Å². The number of aliphatic hydroxyl groups is 2. The fraction of sp³-hybridized carbons (Fsp3) is 1.00. The Morgan fingerprint density at radius 2 is 1.67 bits per heavy atom. The van der Waals surface area contributed by atoms with Gasteiger partial charge < -0.3 is 10.2 Å². The third-order valence-electron chi connectivity index (χ3n) is 0.801. The standard InChI is InChI=1S/C4H10ClNO2.ClH/c5-1-2-6(3-7)4-8;/h7-8H,1-4H2;1H. The molecule has 0 amide bonds. The van der Waals surface area contributed by atoms with Crippen LogP contribution in [0.5, 0.6) is 0 Å². The lowest BCUT2D eigenvalue weighted by Gasteiger charge is -2.12. The molecule has 0 unspecified atom stereocenters. The van der Waals surface area contributed by atoms with Gasteiger partial charge in [0.1, 0.15) is 0 Å². The number of rotatable bonds is 4. The van der Waals surface area contributed by atoms with Crippen LogP contribution in [0.25, 0.3) is 0 Å². The molecule has 0 radical (unpaired) electrons. The van der Waals surface area contributed by atoms with E-state index in [0.717, 1.165) is 0 Å². The minimum atomic E-state index is -0.136. The van der Waals surface area contributed by atoms with Crippen LogP contribution in [0.3, 0.4) is 0 Å². The first kappa shape index (κ1) is 12.2. The predicted molar refractivity (Wildman–Crippen MR) is 38.8 cm³/mol. The van der Waals surface area contributed by atoms with Crippen LogP contribution in [0, 0.1) is 0 Å². The number of halogens is 2. The maximum absolute atomic E-state index is 8.36. The van der Waals surface area contributed by atoms with Crippen molar-refractivity contribution in [3.63, 3.8) is 0 Å². The lowest BCUT2D eigenvalue weighted by Crippen LogP contribution is -2.27. The molecule has 0 aromatic rings. The predicted octanol–water partition coefficient (Wildman–Crippen LogP) is -0.151. The van der Waals surface area contributed by atoms with Gasteiger partial charge in [-0.3, -0.25) is 4.90 Å². The molecule has 2 N–H and O–H groups in total. The molecular formula is C4H11Cl2NO2. The summed E-state index contributed by atoms with van der Waals surface area (Å²) >= 11 is 5.29. The number of nitrogens with zero attached hydrogens (tertiary/aromatic N) is 1. The summed E-state index contributed by atoms with van der Waals surface area (Å²) in [5.74, 6) is 0.432. The Balaban J connectivity index is 0. The Morgan fingerprint density at radius 3 is 1.78 bits per heavy atom. The molecule has 0 rings (SSSR count). The monoisotopic (exact) mass is 175 g/mol. The SMILES string of the molecule is Cl.OCN(CO)CCCl. The van der Waals surface area contributed by atoms with E-state index in [9.17, 15) is 0 Å². The third-order valence-corrected chi connectivity index (χ3v) is 0.970. The van der Waals surface area contributed by atoms with Crippen LogP contribution in [0.1, 0.15) is 0 Å². The highest BCUT2D eigenvalue weighted by atomic mass is 35.5. The molecule has 0 fully saturated rings. The molecular weight excluding hydrogens is 165 g/mol. The maximum atomic E-state index is 8.36. The first-order valence-corrected chi connectivity index (χ1v) is 2.88. The second-order valence-corrected chi connectivity index (χ2v) is 1.74. The lowest BCUT2D eigenvalue weighted by atomic mass is 10.7. The molecule has 0 aromatic heterocycles. The van der Waals surface area contributed by atoms with Gasteiger partial charge in [0.2, 0.25) is 0 Å². The van der Waals surface area contributed by atoms with Crippen molar-refractivity contribution in [2.75, 3.05) is 25.9 Å². The van der Waals surface area contributed by atoms with Gasteiger partial charge in [-0.15, -0.1) is 24.0 Å². The van der Waals surface area contributed by atoms with Crippen LogP contribution in [-0.4, -0.2) is 41.0 Å². The molecule has 0 aliphatic carbocycles. The van der Waals surface area contributed by atoms with Gasteiger partial charge in [-0.05, 0) is 0 Å². The lowest BCUT2D eigenvalue weighted by molar-refractivity contribution is 0.0346. The van der Waals surface area contributed by atoms with Crippen LogP contribution >= 0.6 is 24.0 Å². The molecule has 0 spiro atoms. The van der Waals surface area contributed by atoms with Crippen molar-refractivity contribution in [3.05, 3.63) is 0 Å². The van der Waals surface area contributed by atoms with Crippen molar-refractivity contribution >= 4 is 24.0 Å². The van der Waals surface area contributed by atoms with Gasteiger partial charge in [0.25, 0.3) is 0 Å². The number of hydrogen-bond acceptors (Lipinski definition) is 3. The first-order valence-electron chi connectivity index (χ1n) is 2.35. The molecule has 5 heteroatoms. The molecule has 0 aromatic carbocycles. The highest BCUT2D eigenvalue weighted by Gasteiger charge is 1.96. The summed E-state index contributed by atoms with van der Waals surface area (Å²) in [5, 5.41) is 16.7. The Labute approximate surface area is 65.6 Å². The Bertz CT molecular complexity index is 51.8. The normalized spacial score (nSPS) is 9.33. The van der Waals surface area contributed by atoms with Crippen LogP contribution in [0.2, 0.25) is 0 Å². The molecule has 3 nitrogen and oxygen atoms in total. The smallest absolute Gasteiger partial charge is 0.0974 e. The molecule has 0 saturated heterocycles. The van der Waals surface area contributed by atoms with Crippen LogP contribution < -0.4 is 0 Å². The van der Waals surface area contributed by atoms with E-state index in [2.05, 4.69) is 0 Å². The third kappa shape index (κ3) is 6.34. The van der Waals surface area contributed by atoms with Crippen LogP contribution in [0.15, 0.2) is 0 Å². The van der Waals surface area contributed by atoms with Crippen LogP contribution in [0.4, 0.5) is 0 Å². The maximum Gasteiger partial charge on any atom is 0.0974 e. The summed E-state index contributed by atoms with van der Waals surface area (Å²) in [6, 6.07) is 0. The minimum absolute atomic E-state index is 0. The van der Waals surface area contributed by atoms with Gasteiger partial charge in [-0.2, -0.15) is 0 Å². The van der Waals surface area contributed by atoms with Gasteiger partial charge in [-0.25, -0.2) is 0 Å². The molecule has 0 aliphatic rings. The molecule has 58 valence electrons. The summed E-state index contributed by atoms with van der Waals surface area (Å²) in [6.45, 7) is 0.251.